The number of aliphatic hydroxyl groups is 5. The molecule has 0 aromatic carbocycles. The molecule has 0 aliphatic carbocycles. The first-order valence-electron chi connectivity index (χ1n) is 22.5. The van der Waals surface area contributed by atoms with E-state index in [9.17, 15) is 38.7 Å². The van der Waals surface area contributed by atoms with Crippen molar-refractivity contribution >= 4 is 16.3 Å². The normalized spacial score (nSPS) is 21.9. The maximum absolute atomic E-state index is 13.1. The molecule has 1 aliphatic rings. The van der Waals surface area contributed by atoms with Gasteiger partial charge in [0.25, 0.3) is 0 Å². The molecular weight excluding hydrogens is 743 g/mol. The first-order chi connectivity index (χ1) is 26.9. The van der Waals surface area contributed by atoms with Crippen LogP contribution in [0.15, 0.2) is 0 Å². The molecule has 0 spiro atoms. The Hall–Kier alpha value is -0.940. The predicted octanol–water partition coefficient (Wildman–Crippen LogP) is 7.19. The molecule has 334 valence electrons. The van der Waals surface area contributed by atoms with Gasteiger partial charge in [-0.3, -0.25) is 9.35 Å². The molecule has 1 heterocycles. The number of nitrogens with one attached hydrogen (secondary N) is 1. The van der Waals surface area contributed by atoms with Crippen molar-refractivity contribution in [2.24, 2.45) is 0 Å². The van der Waals surface area contributed by atoms with Gasteiger partial charge in [0.15, 0.2) is 6.29 Å². The molecule has 14 heteroatoms. The lowest BCUT2D eigenvalue weighted by atomic mass is 9.99. The minimum atomic E-state index is -5.10. The molecular formula is C42H83NO12S. The SMILES string of the molecule is CCCCCCCCCCCCCCCCCCCC(O)C(=O)NC(COC1OC(CO)C(O)C(OS(=O)(=O)O)C1O)C(O)CCCCCCCCCCCC. The Balaban J connectivity index is 2.52. The number of aliphatic hydroxyl groups excluding tert-OH is 5. The van der Waals surface area contributed by atoms with Crippen molar-refractivity contribution in [2.45, 2.75) is 249 Å². The molecule has 8 unspecified atom stereocenters. The number of amides is 1. The number of hydrogen-bond acceptors (Lipinski definition) is 11. The second-order valence-corrected chi connectivity index (χ2v) is 17.2. The fourth-order valence-corrected chi connectivity index (χ4v) is 7.92. The third-order valence-electron chi connectivity index (χ3n) is 11.0. The molecule has 0 bridgehead atoms. The maximum atomic E-state index is 13.1. The molecule has 1 amide bonds. The summed E-state index contributed by atoms with van der Waals surface area (Å²) in [5.41, 5.74) is 0. The smallest absolute Gasteiger partial charge is 0.394 e. The highest BCUT2D eigenvalue weighted by Crippen LogP contribution is 2.26. The molecule has 13 nitrogen and oxygen atoms in total. The van der Waals surface area contributed by atoms with E-state index in [-0.39, 0.29) is 6.42 Å². The molecule has 0 aromatic rings. The van der Waals surface area contributed by atoms with Crippen molar-refractivity contribution in [2.75, 3.05) is 13.2 Å². The van der Waals surface area contributed by atoms with Gasteiger partial charge in [-0.25, -0.2) is 4.18 Å². The number of ether oxygens (including phenoxy) is 2. The van der Waals surface area contributed by atoms with Gasteiger partial charge in [-0.15, -0.1) is 0 Å². The highest BCUT2D eigenvalue weighted by molar-refractivity contribution is 7.80. The molecule has 1 fully saturated rings. The van der Waals surface area contributed by atoms with Crippen LogP contribution >= 0.6 is 0 Å². The van der Waals surface area contributed by atoms with E-state index in [0.717, 1.165) is 38.5 Å². The second-order valence-electron chi connectivity index (χ2n) is 16.1. The molecule has 1 saturated heterocycles. The third kappa shape index (κ3) is 26.2. The zero-order valence-corrected chi connectivity index (χ0v) is 35.9. The first-order valence-corrected chi connectivity index (χ1v) is 23.9. The van der Waals surface area contributed by atoms with Gasteiger partial charge in [0, 0.05) is 0 Å². The van der Waals surface area contributed by atoms with Crippen LogP contribution in [-0.2, 0) is 28.9 Å². The minimum absolute atomic E-state index is 0.266. The Bertz CT molecular complexity index is 1040. The fourth-order valence-electron chi connectivity index (χ4n) is 7.41. The van der Waals surface area contributed by atoms with Gasteiger partial charge in [-0.1, -0.05) is 187 Å². The summed E-state index contributed by atoms with van der Waals surface area (Å²) in [4.78, 5) is 13.1. The molecule has 1 rings (SSSR count). The highest BCUT2D eigenvalue weighted by Gasteiger charge is 2.48. The average Bonchev–Trinajstić information content (AvgIpc) is 3.16. The molecule has 0 saturated carbocycles. The number of carbonyl (C=O) groups is 1. The Morgan fingerprint density at radius 1 is 0.643 bits per heavy atom. The van der Waals surface area contributed by atoms with Gasteiger partial charge in [0.05, 0.1) is 25.4 Å². The summed E-state index contributed by atoms with van der Waals surface area (Å²) in [6.45, 7) is 3.26. The van der Waals surface area contributed by atoms with Crippen LogP contribution < -0.4 is 5.32 Å². The topological polar surface area (TPSA) is 212 Å². The van der Waals surface area contributed by atoms with E-state index in [1.165, 1.54) is 122 Å². The van der Waals surface area contributed by atoms with Crippen LogP contribution in [0.4, 0.5) is 0 Å². The Morgan fingerprint density at radius 3 is 1.43 bits per heavy atom. The Morgan fingerprint density at radius 2 is 1.04 bits per heavy atom. The third-order valence-corrected chi connectivity index (χ3v) is 11.5. The fraction of sp³-hybridized carbons (Fsp3) is 0.976. The van der Waals surface area contributed by atoms with Crippen molar-refractivity contribution in [3.63, 3.8) is 0 Å². The van der Waals surface area contributed by atoms with Crippen LogP contribution in [0.25, 0.3) is 0 Å². The van der Waals surface area contributed by atoms with Gasteiger partial charge >= 0.3 is 10.4 Å². The first kappa shape index (κ1) is 53.1. The lowest BCUT2D eigenvalue weighted by Gasteiger charge is -2.41. The van der Waals surface area contributed by atoms with Crippen LogP contribution in [0.2, 0.25) is 0 Å². The van der Waals surface area contributed by atoms with Gasteiger partial charge in [-0.2, -0.15) is 8.42 Å². The van der Waals surface area contributed by atoms with Crippen LogP contribution in [0, 0.1) is 0 Å². The van der Waals surface area contributed by atoms with E-state index in [1.54, 1.807) is 0 Å². The van der Waals surface area contributed by atoms with Crippen LogP contribution in [0.3, 0.4) is 0 Å². The van der Waals surface area contributed by atoms with Crippen molar-refractivity contribution in [3.8, 4) is 0 Å². The lowest BCUT2D eigenvalue weighted by Crippen LogP contribution is -2.61. The lowest BCUT2D eigenvalue weighted by molar-refractivity contribution is -0.298. The second kappa shape index (κ2) is 33.8. The number of unbranched alkanes of at least 4 members (excludes halogenated alkanes) is 25. The standard InChI is InChI=1S/C42H83NO12S/c1-3-5-7-9-11-13-15-16-17-18-19-20-21-23-25-27-29-31-36(46)41(49)43-34(35(45)30-28-26-24-22-14-12-10-8-6-4-2)33-53-42-39(48)40(55-56(50,51)52)38(47)37(32-44)54-42/h34-40,42,44-48H,3-33H2,1-2H3,(H,43,49)(H,50,51,52). The Labute approximate surface area is 340 Å². The van der Waals surface area contributed by atoms with Crippen molar-refractivity contribution in [1.82, 2.24) is 5.32 Å². The maximum Gasteiger partial charge on any atom is 0.397 e. The van der Waals surface area contributed by atoms with Crippen molar-refractivity contribution in [3.05, 3.63) is 0 Å². The molecule has 7 N–H and O–H groups in total. The predicted molar refractivity (Wildman–Crippen MR) is 219 cm³/mol. The molecule has 0 radical (unpaired) electrons. The summed E-state index contributed by atoms with van der Waals surface area (Å²) >= 11 is 0. The molecule has 0 aromatic heterocycles. The highest BCUT2D eigenvalue weighted by atomic mass is 32.3. The summed E-state index contributed by atoms with van der Waals surface area (Å²) in [5, 5.41) is 55.2. The summed E-state index contributed by atoms with van der Waals surface area (Å²) in [6.07, 6.45) is 21.6. The number of rotatable bonds is 38. The summed E-state index contributed by atoms with van der Waals surface area (Å²) in [6, 6.07) is -1.03. The van der Waals surface area contributed by atoms with Gasteiger partial charge in [0.1, 0.15) is 30.5 Å². The molecule has 1 aliphatic heterocycles. The van der Waals surface area contributed by atoms with Crippen LogP contribution in [0.5, 0.6) is 0 Å². The number of hydrogen-bond donors (Lipinski definition) is 7. The molecule has 56 heavy (non-hydrogen) atoms. The van der Waals surface area contributed by atoms with Crippen LogP contribution in [-0.4, -0.2) is 107 Å². The van der Waals surface area contributed by atoms with Crippen molar-refractivity contribution in [1.29, 1.82) is 0 Å². The summed E-state index contributed by atoms with van der Waals surface area (Å²) in [7, 11) is -5.10. The Kier molecular flexibility index (Phi) is 32.1. The minimum Gasteiger partial charge on any atom is -0.394 e. The van der Waals surface area contributed by atoms with E-state index in [4.69, 9.17) is 14.0 Å². The van der Waals surface area contributed by atoms with E-state index in [2.05, 4.69) is 23.3 Å². The van der Waals surface area contributed by atoms with E-state index < -0.39 is 78.5 Å². The zero-order valence-electron chi connectivity index (χ0n) is 35.1. The average molecular weight is 826 g/mol. The van der Waals surface area contributed by atoms with E-state index >= 15 is 0 Å². The zero-order chi connectivity index (χ0) is 41.4. The van der Waals surface area contributed by atoms with E-state index in [1.807, 2.05) is 0 Å². The molecule has 8 atom stereocenters. The van der Waals surface area contributed by atoms with Gasteiger partial charge in [-0.05, 0) is 12.8 Å². The summed E-state index contributed by atoms with van der Waals surface area (Å²) in [5.74, 6) is -0.668. The number of carbonyl (C=O) groups excluding carboxylic acids is 1. The monoisotopic (exact) mass is 826 g/mol. The van der Waals surface area contributed by atoms with E-state index in [0.29, 0.717) is 19.3 Å². The summed E-state index contributed by atoms with van der Waals surface area (Å²) < 4.78 is 47.4. The van der Waals surface area contributed by atoms with Crippen LogP contribution in [0.1, 0.15) is 200 Å². The van der Waals surface area contributed by atoms with Crippen molar-refractivity contribution < 1.29 is 57.0 Å². The largest absolute Gasteiger partial charge is 0.397 e. The van der Waals surface area contributed by atoms with Gasteiger partial charge < -0.3 is 40.3 Å². The quantitative estimate of drug-likeness (QED) is 0.0244. The van der Waals surface area contributed by atoms with Gasteiger partial charge in [0.2, 0.25) is 5.91 Å².